The van der Waals surface area contributed by atoms with Crippen molar-refractivity contribution in [3.05, 3.63) is 70.7 Å². The molecule has 1 aliphatic rings. The van der Waals surface area contributed by atoms with Crippen molar-refractivity contribution in [2.45, 2.75) is 25.7 Å². The van der Waals surface area contributed by atoms with E-state index in [4.69, 9.17) is 0 Å². The second-order valence-corrected chi connectivity index (χ2v) is 8.42. The van der Waals surface area contributed by atoms with Gasteiger partial charge in [-0.25, -0.2) is 9.78 Å². The molecule has 0 atom stereocenters. The number of piperidine rings is 1. The molecule has 0 spiro atoms. The fourth-order valence-corrected chi connectivity index (χ4v) is 4.79. The van der Waals surface area contributed by atoms with Crippen LogP contribution >= 0.6 is 11.3 Å². The van der Waals surface area contributed by atoms with Gasteiger partial charge in [0, 0.05) is 42.2 Å². The van der Waals surface area contributed by atoms with Gasteiger partial charge in [-0.1, -0.05) is 48.5 Å². The molecule has 2 heterocycles. The molecule has 7 heteroatoms. The van der Waals surface area contributed by atoms with Crippen LogP contribution in [0.15, 0.2) is 60.0 Å². The summed E-state index contributed by atoms with van der Waals surface area (Å²) in [6.45, 7) is 3.98. The van der Waals surface area contributed by atoms with Crippen LogP contribution < -0.4 is 10.6 Å². The molecule has 1 aliphatic heterocycles. The summed E-state index contributed by atoms with van der Waals surface area (Å²) in [6, 6.07) is 17.8. The number of hydrogen-bond acceptors (Lipinski definition) is 4. The molecule has 0 radical (unpaired) electrons. The van der Waals surface area contributed by atoms with E-state index in [1.54, 1.807) is 0 Å². The van der Waals surface area contributed by atoms with Gasteiger partial charge in [0.05, 0.1) is 5.01 Å². The van der Waals surface area contributed by atoms with E-state index in [0.29, 0.717) is 25.3 Å². The molecular formula is C24H26N4O2S. The molecule has 1 fully saturated rings. The summed E-state index contributed by atoms with van der Waals surface area (Å²) in [5.74, 6) is 0.0828. The Hall–Kier alpha value is -3.19. The maximum atomic E-state index is 12.9. The number of thiazole rings is 1. The van der Waals surface area contributed by atoms with Crippen molar-refractivity contribution >= 4 is 29.0 Å². The van der Waals surface area contributed by atoms with Gasteiger partial charge in [0.15, 0.2) is 0 Å². The number of nitrogens with zero attached hydrogens (tertiary/aromatic N) is 2. The first-order valence-electron chi connectivity index (χ1n) is 10.6. The van der Waals surface area contributed by atoms with Crippen LogP contribution in [0.3, 0.4) is 0 Å². The lowest BCUT2D eigenvalue weighted by atomic mass is 9.98. The van der Waals surface area contributed by atoms with Crippen LogP contribution in [0.1, 0.15) is 41.2 Å². The number of nitrogens with one attached hydrogen (secondary N) is 2. The van der Waals surface area contributed by atoms with E-state index in [1.165, 1.54) is 11.3 Å². The summed E-state index contributed by atoms with van der Waals surface area (Å²) in [7, 11) is 0. The van der Waals surface area contributed by atoms with Gasteiger partial charge in [0.25, 0.3) is 5.91 Å². The van der Waals surface area contributed by atoms with Crippen molar-refractivity contribution < 1.29 is 9.59 Å². The Bertz CT molecular complexity index is 1040. The third-order valence-corrected chi connectivity index (χ3v) is 6.48. The zero-order chi connectivity index (χ0) is 21.6. The summed E-state index contributed by atoms with van der Waals surface area (Å²) >= 11 is 1.52. The lowest BCUT2D eigenvalue weighted by molar-refractivity contribution is 0.102. The van der Waals surface area contributed by atoms with Crippen molar-refractivity contribution in [1.82, 2.24) is 15.2 Å². The van der Waals surface area contributed by atoms with Crippen LogP contribution in [0.4, 0.5) is 10.5 Å². The molecule has 160 valence electrons. The van der Waals surface area contributed by atoms with E-state index in [2.05, 4.69) is 15.6 Å². The Kier molecular flexibility index (Phi) is 6.62. The Balaban J connectivity index is 1.42. The zero-order valence-electron chi connectivity index (χ0n) is 17.5. The standard InChI is InChI=1S/C24H26N4O2S/c1-2-25-24(30)28-14-12-18(13-15-28)23-27-21(16-31-23)22(29)26-20-11-7-6-10-19(20)17-8-4-3-5-9-17/h3-11,16,18H,2,12-15H2,1H3,(H,25,30)(H,26,29). The fourth-order valence-electron chi connectivity index (χ4n) is 3.82. The number of hydrogen-bond donors (Lipinski definition) is 2. The van der Waals surface area contributed by atoms with Crippen LogP contribution in [-0.4, -0.2) is 41.5 Å². The van der Waals surface area contributed by atoms with Crippen molar-refractivity contribution in [3.63, 3.8) is 0 Å². The van der Waals surface area contributed by atoms with Crippen LogP contribution in [0.25, 0.3) is 11.1 Å². The first kappa shape index (κ1) is 21.1. The van der Waals surface area contributed by atoms with Gasteiger partial charge in [0.1, 0.15) is 5.69 Å². The quantitative estimate of drug-likeness (QED) is 0.595. The molecule has 31 heavy (non-hydrogen) atoms. The second kappa shape index (κ2) is 9.75. The maximum Gasteiger partial charge on any atom is 0.317 e. The number of urea groups is 1. The summed E-state index contributed by atoms with van der Waals surface area (Å²) in [4.78, 5) is 31.3. The first-order valence-corrected chi connectivity index (χ1v) is 11.5. The molecule has 6 nitrogen and oxygen atoms in total. The molecule has 0 aliphatic carbocycles. The third-order valence-electron chi connectivity index (χ3n) is 5.47. The van der Waals surface area contributed by atoms with Crippen molar-refractivity contribution in [1.29, 1.82) is 0 Å². The molecule has 4 rings (SSSR count). The predicted molar refractivity (Wildman–Crippen MR) is 125 cm³/mol. The number of aromatic nitrogens is 1. The van der Waals surface area contributed by atoms with Gasteiger partial charge in [-0.3, -0.25) is 4.79 Å². The van der Waals surface area contributed by atoms with Crippen LogP contribution in [0, 0.1) is 0 Å². The largest absolute Gasteiger partial charge is 0.338 e. The maximum absolute atomic E-state index is 12.9. The number of rotatable bonds is 5. The first-order chi connectivity index (χ1) is 15.2. The highest BCUT2D eigenvalue weighted by Gasteiger charge is 2.26. The van der Waals surface area contributed by atoms with Crippen molar-refractivity contribution in [2.75, 3.05) is 25.0 Å². The number of carbonyl (C=O) groups is 2. The number of anilines is 1. The van der Waals surface area contributed by atoms with Crippen molar-refractivity contribution in [3.8, 4) is 11.1 Å². The van der Waals surface area contributed by atoms with Gasteiger partial charge in [-0.05, 0) is 31.4 Å². The lowest BCUT2D eigenvalue weighted by Gasteiger charge is -2.31. The van der Waals surface area contributed by atoms with E-state index in [-0.39, 0.29) is 17.9 Å². The molecular weight excluding hydrogens is 408 g/mol. The molecule has 0 bridgehead atoms. The molecule has 1 saturated heterocycles. The van der Waals surface area contributed by atoms with Gasteiger partial charge in [-0.2, -0.15) is 0 Å². The zero-order valence-corrected chi connectivity index (χ0v) is 18.3. The van der Waals surface area contributed by atoms with Crippen LogP contribution in [0.5, 0.6) is 0 Å². The average molecular weight is 435 g/mol. The van der Waals surface area contributed by atoms with E-state index in [9.17, 15) is 9.59 Å². The second-order valence-electron chi connectivity index (χ2n) is 7.53. The van der Waals surface area contributed by atoms with Crippen LogP contribution in [0.2, 0.25) is 0 Å². The lowest BCUT2D eigenvalue weighted by Crippen LogP contribution is -2.44. The molecule has 0 saturated carbocycles. The highest BCUT2D eigenvalue weighted by Crippen LogP contribution is 2.31. The fraction of sp³-hybridized carbons (Fsp3) is 0.292. The predicted octanol–water partition coefficient (Wildman–Crippen LogP) is 4.97. The molecule has 2 aromatic carbocycles. The monoisotopic (exact) mass is 434 g/mol. The number of para-hydroxylation sites is 1. The Morgan fingerprint density at radius 2 is 1.77 bits per heavy atom. The number of carbonyl (C=O) groups excluding carboxylic acids is 2. The third kappa shape index (κ3) is 4.94. The topological polar surface area (TPSA) is 74.3 Å². The Morgan fingerprint density at radius 1 is 1.06 bits per heavy atom. The molecule has 2 N–H and O–H groups in total. The summed E-state index contributed by atoms with van der Waals surface area (Å²) in [5.41, 5.74) is 3.23. The van der Waals surface area contributed by atoms with Gasteiger partial charge in [0.2, 0.25) is 0 Å². The van der Waals surface area contributed by atoms with Crippen molar-refractivity contribution in [2.24, 2.45) is 0 Å². The SMILES string of the molecule is CCNC(=O)N1CCC(c2nc(C(=O)Nc3ccccc3-c3ccccc3)cs2)CC1. The van der Waals surface area contributed by atoms with E-state index >= 15 is 0 Å². The van der Waals surface area contributed by atoms with Gasteiger partial charge in [-0.15, -0.1) is 11.3 Å². The minimum absolute atomic E-state index is 0.00256. The Morgan fingerprint density at radius 3 is 2.52 bits per heavy atom. The number of benzene rings is 2. The number of likely N-dealkylation sites (tertiary alicyclic amines) is 1. The normalized spacial score (nSPS) is 14.3. The summed E-state index contributed by atoms with van der Waals surface area (Å²) in [6.07, 6.45) is 1.73. The number of amides is 3. The smallest absolute Gasteiger partial charge is 0.317 e. The highest BCUT2D eigenvalue weighted by atomic mass is 32.1. The Labute approximate surface area is 186 Å². The minimum Gasteiger partial charge on any atom is -0.338 e. The molecule has 3 aromatic rings. The molecule has 0 unspecified atom stereocenters. The van der Waals surface area contributed by atoms with E-state index in [0.717, 1.165) is 34.7 Å². The molecule has 3 amide bonds. The minimum atomic E-state index is -0.203. The van der Waals surface area contributed by atoms with E-state index in [1.807, 2.05) is 71.8 Å². The van der Waals surface area contributed by atoms with Gasteiger partial charge >= 0.3 is 6.03 Å². The highest BCUT2D eigenvalue weighted by molar-refractivity contribution is 7.10. The van der Waals surface area contributed by atoms with Crippen LogP contribution in [-0.2, 0) is 0 Å². The summed E-state index contributed by atoms with van der Waals surface area (Å²) < 4.78 is 0. The van der Waals surface area contributed by atoms with E-state index < -0.39 is 0 Å². The average Bonchev–Trinajstić information content (AvgIpc) is 3.31. The summed E-state index contributed by atoms with van der Waals surface area (Å²) in [5, 5.41) is 8.67. The van der Waals surface area contributed by atoms with Gasteiger partial charge < -0.3 is 15.5 Å². The molecule has 1 aromatic heterocycles.